The van der Waals surface area contributed by atoms with Crippen LogP contribution in [-0.4, -0.2) is 23.5 Å². The molecule has 172 valence electrons. The summed E-state index contributed by atoms with van der Waals surface area (Å²) in [5, 5.41) is 2.98. The van der Waals surface area contributed by atoms with Crippen molar-refractivity contribution in [2.45, 2.75) is 79.3 Å². The SMILES string of the molecule is C=C(C)c1cc(C(=O)NCc2c(C)cc(C)[nH]c2=O)c(C)c(N(CC)C2CCCCC2)c1. The van der Waals surface area contributed by atoms with Gasteiger partial charge in [0.05, 0.1) is 0 Å². The van der Waals surface area contributed by atoms with Gasteiger partial charge in [-0.3, -0.25) is 9.59 Å². The van der Waals surface area contributed by atoms with Crippen molar-refractivity contribution in [2.75, 3.05) is 11.4 Å². The van der Waals surface area contributed by atoms with Crippen LogP contribution in [0.2, 0.25) is 0 Å². The Bertz CT molecular complexity index is 1060. The molecule has 3 rings (SSSR count). The first-order chi connectivity index (χ1) is 15.2. The quantitative estimate of drug-likeness (QED) is 0.610. The van der Waals surface area contributed by atoms with Gasteiger partial charge in [-0.2, -0.15) is 0 Å². The Balaban J connectivity index is 1.94. The summed E-state index contributed by atoms with van der Waals surface area (Å²) in [4.78, 5) is 30.9. The number of benzene rings is 1. The van der Waals surface area contributed by atoms with Crippen LogP contribution in [0.15, 0.2) is 29.6 Å². The third kappa shape index (κ3) is 5.14. The number of hydrogen-bond donors (Lipinski definition) is 2. The third-order valence-electron chi connectivity index (χ3n) is 6.70. The molecule has 1 saturated carbocycles. The lowest BCUT2D eigenvalue weighted by Gasteiger charge is -2.37. The number of carbonyl (C=O) groups is 1. The molecule has 1 aromatic carbocycles. The van der Waals surface area contributed by atoms with Crippen LogP contribution < -0.4 is 15.8 Å². The maximum atomic E-state index is 13.3. The second-order valence-corrected chi connectivity index (χ2v) is 9.15. The number of pyridine rings is 1. The number of anilines is 1. The zero-order chi connectivity index (χ0) is 23.4. The molecule has 5 heteroatoms. The minimum absolute atomic E-state index is 0.148. The first-order valence-corrected chi connectivity index (χ1v) is 11.8. The fraction of sp³-hybridized carbons (Fsp3) is 0.481. The van der Waals surface area contributed by atoms with Crippen molar-refractivity contribution < 1.29 is 4.79 Å². The van der Waals surface area contributed by atoms with E-state index < -0.39 is 0 Å². The van der Waals surface area contributed by atoms with E-state index in [2.05, 4.69) is 34.8 Å². The molecule has 0 radical (unpaired) electrons. The van der Waals surface area contributed by atoms with Crippen LogP contribution in [0.3, 0.4) is 0 Å². The summed E-state index contributed by atoms with van der Waals surface area (Å²) in [5.41, 5.74) is 6.81. The van der Waals surface area contributed by atoms with E-state index >= 15 is 0 Å². The molecule has 5 nitrogen and oxygen atoms in total. The molecule has 0 bridgehead atoms. The molecular weight excluding hydrogens is 398 g/mol. The van der Waals surface area contributed by atoms with Gasteiger partial charge in [0, 0.05) is 41.6 Å². The highest BCUT2D eigenvalue weighted by atomic mass is 16.1. The van der Waals surface area contributed by atoms with Gasteiger partial charge in [-0.25, -0.2) is 0 Å². The van der Waals surface area contributed by atoms with Crippen molar-refractivity contribution in [3.05, 3.63) is 68.6 Å². The zero-order valence-corrected chi connectivity index (χ0v) is 20.2. The molecule has 1 fully saturated rings. The van der Waals surface area contributed by atoms with Crippen molar-refractivity contribution in [1.82, 2.24) is 10.3 Å². The lowest BCUT2D eigenvalue weighted by atomic mass is 9.92. The number of nitrogens with one attached hydrogen (secondary N) is 2. The van der Waals surface area contributed by atoms with Crippen LogP contribution in [0.5, 0.6) is 0 Å². The molecule has 0 spiro atoms. The summed E-state index contributed by atoms with van der Waals surface area (Å²) in [6.07, 6.45) is 6.23. The highest BCUT2D eigenvalue weighted by Crippen LogP contribution is 2.33. The topological polar surface area (TPSA) is 65.2 Å². The molecule has 1 aliphatic rings. The van der Waals surface area contributed by atoms with E-state index in [4.69, 9.17) is 0 Å². The number of H-pyrrole nitrogens is 1. The second-order valence-electron chi connectivity index (χ2n) is 9.15. The highest BCUT2D eigenvalue weighted by molar-refractivity contribution is 5.98. The van der Waals surface area contributed by atoms with Crippen molar-refractivity contribution in [3.63, 3.8) is 0 Å². The molecule has 0 saturated heterocycles. The second kappa shape index (κ2) is 10.2. The molecule has 1 aliphatic carbocycles. The average molecular weight is 436 g/mol. The smallest absolute Gasteiger partial charge is 0.253 e. The molecule has 0 aliphatic heterocycles. The Hall–Kier alpha value is -2.82. The summed E-state index contributed by atoms with van der Waals surface area (Å²) >= 11 is 0. The number of amides is 1. The number of hydrogen-bond acceptors (Lipinski definition) is 3. The van der Waals surface area contributed by atoms with Crippen LogP contribution in [0.4, 0.5) is 5.69 Å². The van der Waals surface area contributed by atoms with Crippen molar-refractivity contribution in [1.29, 1.82) is 0 Å². The third-order valence-corrected chi connectivity index (χ3v) is 6.70. The van der Waals surface area contributed by atoms with Crippen LogP contribution in [-0.2, 0) is 6.54 Å². The van der Waals surface area contributed by atoms with Crippen molar-refractivity contribution in [3.8, 4) is 0 Å². The molecule has 1 heterocycles. The monoisotopic (exact) mass is 435 g/mol. The first-order valence-electron chi connectivity index (χ1n) is 11.8. The Labute approximate surface area is 191 Å². The molecule has 0 atom stereocenters. The van der Waals surface area contributed by atoms with Gasteiger partial charge in [0.1, 0.15) is 0 Å². The van der Waals surface area contributed by atoms with E-state index in [-0.39, 0.29) is 18.0 Å². The molecular formula is C27H37N3O2. The Morgan fingerprint density at radius 2 is 1.84 bits per heavy atom. The zero-order valence-electron chi connectivity index (χ0n) is 20.2. The number of nitrogens with zero attached hydrogens (tertiary/aromatic N) is 1. The molecule has 2 N–H and O–H groups in total. The van der Waals surface area contributed by atoms with Gasteiger partial charge < -0.3 is 15.2 Å². The maximum Gasteiger partial charge on any atom is 0.253 e. The first kappa shape index (κ1) is 23.8. The van der Waals surface area contributed by atoms with Crippen LogP contribution in [0, 0.1) is 20.8 Å². The standard InChI is InChI=1S/C27H37N3O2/c1-7-30(22-11-9-8-10-12-22)25-15-21(17(2)3)14-23(20(25)6)26(31)28-16-24-18(4)13-19(5)29-27(24)32/h13-15,22H,2,7-12,16H2,1,3-6H3,(H,28,31)(H,29,32). The largest absolute Gasteiger partial charge is 0.369 e. The fourth-order valence-electron chi connectivity index (χ4n) is 4.86. The van der Waals surface area contributed by atoms with Gasteiger partial charge in [0.15, 0.2) is 0 Å². The van der Waals surface area contributed by atoms with Gasteiger partial charge in [-0.05, 0) is 82.3 Å². The number of allylic oxidation sites excluding steroid dienone is 1. The van der Waals surface area contributed by atoms with Crippen LogP contribution in [0.25, 0.3) is 5.57 Å². The summed E-state index contributed by atoms with van der Waals surface area (Å²) < 4.78 is 0. The van der Waals surface area contributed by atoms with Crippen molar-refractivity contribution >= 4 is 17.2 Å². The number of aryl methyl sites for hydroxylation is 2. The van der Waals surface area contributed by atoms with E-state index in [0.29, 0.717) is 17.2 Å². The van der Waals surface area contributed by atoms with E-state index in [1.807, 2.05) is 39.8 Å². The highest BCUT2D eigenvalue weighted by Gasteiger charge is 2.24. The Morgan fingerprint density at radius 1 is 1.16 bits per heavy atom. The molecule has 1 aromatic heterocycles. The normalized spacial score (nSPS) is 14.3. The van der Waals surface area contributed by atoms with Crippen LogP contribution >= 0.6 is 0 Å². The Kier molecular flexibility index (Phi) is 7.60. The summed E-state index contributed by atoms with van der Waals surface area (Å²) in [6.45, 7) is 15.2. The minimum atomic E-state index is -0.161. The lowest BCUT2D eigenvalue weighted by molar-refractivity contribution is 0.0950. The number of aromatic amines is 1. The molecule has 0 unspecified atom stereocenters. The van der Waals surface area contributed by atoms with Gasteiger partial charge in [-0.15, -0.1) is 0 Å². The molecule has 32 heavy (non-hydrogen) atoms. The number of rotatable bonds is 7. The predicted molar refractivity (Wildman–Crippen MR) is 133 cm³/mol. The summed E-state index contributed by atoms with van der Waals surface area (Å²) in [7, 11) is 0. The van der Waals surface area contributed by atoms with E-state index in [1.54, 1.807) is 0 Å². The van der Waals surface area contributed by atoms with Crippen LogP contribution in [0.1, 0.15) is 84.3 Å². The lowest BCUT2D eigenvalue weighted by Crippen LogP contribution is -2.37. The summed E-state index contributed by atoms with van der Waals surface area (Å²) in [5.74, 6) is -0.161. The van der Waals surface area contributed by atoms with E-state index in [0.717, 1.165) is 40.2 Å². The van der Waals surface area contributed by atoms with Gasteiger partial charge in [0.25, 0.3) is 11.5 Å². The van der Waals surface area contributed by atoms with E-state index in [1.165, 1.54) is 32.1 Å². The van der Waals surface area contributed by atoms with Gasteiger partial charge in [-0.1, -0.05) is 31.4 Å². The minimum Gasteiger partial charge on any atom is -0.369 e. The molecule has 2 aromatic rings. The average Bonchev–Trinajstić information content (AvgIpc) is 2.75. The van der Waals surface area contributed by atoms with Crippen molar-refractivity contribution in [2.24, 2.45) is 0 Å². The van der Waals surface area contributed by atoms with Gasteiger partial charge >= 0.3 is 0 Å². The fourth-order valence-corrected chi connectivity index (χ4v) is 4.86. The summed E-state index contributed by atoms with van der Waals surface area (Å²) in [6, 6.07) is 6.55. The van der Waals surface area contributed by atoms with Gasteiger partial charge in [0.2, 0.25) is 0 Å². The Morgan fingerprint density at radius 3 is 2.44 bits per heavy atom. The predicted octanol–water partition coefficient (Wildman–Crippen LogP) is 5.42. The number of carbonyl (C=O) groups excluding carboxylic acids is 1. The molecule has 1 amide bonds. The number of aromatic nitrogens is 1. The van der Waals surface area contributed by atoms with E-state index in [9.17, 15) is 9.59 Å². The maximum absolute atomic E-state index is 13.3.